The Morgan fingerprint density at radius 2 is 1.80 bits per heavy atom. The summed E-state index contributed by atoms with van der Waals surface area (Å²) in [4.78, 5) is 0. The number of rotatable bonds is 5. The van der Waals surface area contributed by atoms with Gasteiger partial charge in [-0.2, -0.15) is 11.8 Å². The Balaban J connectivity index is 2.33. The summed E-state index contributed by atoms with van der Waals surface area (Å²) in [7, 11) is 0. The molecule has 0 amide bonds. The summed E-state index contributed by atoms with van der Waals surface area (Å²) in [6, 6.07) is 0.759. The molecule has 2 atom stereocenters. The monoisotopic (exact) mass is 229 g/mol. The molecule has 1 rings (SSSR count). The average Bonchev–Trinajstić information content (AvgIpc) is 2.51. The van der Waals surface area contributed by atoms with Crippen molar-refractivity contribution in [2.45, 2.75) is 52.3 Å². The molecule has 0 aromatic carbocycles. The van der Waals surface area contributed by atoms with Gasteiger partial charge in [-0.3, -0.25) is 0 Å². The zero-order valence-corrected chi connectivity index (χ0v) is 11.7. The van der Waals surface area contributed by atoms with Crippen LogP contribution in [0.15, 0.2) is 0 Å². The standard InChI is InChI=1S/C13H27NS/c1-9(2)12(10(3)4)8-14-13-6-7-15-11(13)5/h9-14H,6-8H2,1-5H3. The van der Waals surface area contributed by atoms with Gasteiger partial charge < -0.3 is 5.32 Å². The third kappa shape index (κ3) is 3.99. The van der Waals surface area contributed by atoms with Gasteiger partial charge in [0.25, 0.3) is 0 Å². The van der Waals surface area contributed by atoms with Crippen molar-refractivity contribution in [3.63, 3.8) is 0 Å². The van der Waals surface area contributed by atoms with Crippen molar-refractivity contribution in [1.29, 1.82) is 0 Å². The molecule has 15 heavy (non-hydrogen) atoms. The molecule has 2 heteroatoms. The van der Waals surface area contributed by atoms with Crippen molar-refractivity contribution >= 4 is 11.8 Å². The lowest BCUT2D eigenvalue weighted by Gasteiger charge is -2.27. The molecule has 1 N–H and O–H groups in total. The molecule has 0 saturated carbocycles. The molecule has 0 aromatic rings. The highest BCUT2D eigenvalue weighted by Gasteiger charge is 2.25. The Hall–Kier alpha value is 0.310. The normalized spacial score (nSPS) is 27.2. The second-order valence-corrected chi connectivity index (χ2v) is 7.02. The van der Waals surface area contributed by atoms with Crippen LogP contribution in [0.3, 0.4) is 0 Å². The topological polar surface area (TPSA) is 12.0 Å². The minimum atomic E-state index is 0.759. The maximum absolute atomic E-state index is 3.77. The van der Waals surface area contributed by atoms with Gasteiger partial charge in [0.15, 0.2) is 0 Å². The van der Waals surface area contributed by atoms with E-state index < -0.39 is 0 Å². The van der Waals surface area contributed by atoms with Crippen LogP contribution in [0.5, 0.6) is 0 Å². The van der Waals surface area contributed by atoms with Crippen molar-refractivity contribution in [3.8, 4) is 0 Å². The maximum atomic E-state index is 3.77. The van der Waals surface area contributed by atoms with Gasteiger partial charge >= 0.3 is 0 Å². The molecule has 0 aliphatic carbocycles. The summed E-state index contributed by atoms with van der Waals surface area (Å²) in [5, 5.41) is 4.58. The smallest absolute Gasteiger partial charge is 0.0191 e. The van der Waals surface area contributed by atoms with Gasteiger partial charge in [-0.05, 0) is 36.5 Å². The molecule has 1 fully saturated rings. The zero-order chi connectivity index (χ0) is 11.4. The molecule has 2 unspecified atom stereocenters. The molecule has 0 radical (unpaired) electrons. The fourth-order valence-corrected chi connectivity index (χ4v) is 3.75. The summed E-state index contributed by atoms with van der Waals surface area (Å²) in [5.41, 5.74) is 0. The predicted octanol–water partition coefficient (Wildman–Crippen LogP) is 3.40. The molecule has 1 aliphatic heterocycles. The Labute approximate surface area is 99.8 Å². The second kappa shape index (κ2) is 6.15. The summed E-state index contributed by atoms with van der Waals surface area (Å²) in [5.74, 6) is 3.75. The van der Waals surface area contributed by atoms with Gasteiger partial charge in [-0.25, -0.2) is 0 Å². The molecule has 1 saturated heterocycles. The minimum Gasteiger partial charge on any atom is -0.313 e. The van der Waals surface area contributed by atoms with Crippen molar-refractivity contribution < 1.29 is 0 Å². The van der Waals surface area contributed by atoms with Crippen LogP contribution in [0.2, 0.25) is 0 Å². The number of hydrogen-bond donors (Lipinski definition) is 1. The molecule has 1 nitrogen and oxygen atoms in total. The third-order valence-electron chi connectivity index (χ3n) is 3.70. The van der Waals surface area contributed by atoms with Crippen LogP contribution < -0.4 is 5.32 Å². The largest absolute Gasteiger partial charge is 0.313 e. The van der Waals surface area contributed by atoms with Gasteiger partial charge in [0.05, 0.1) is 0 Å². The first-order valence-corrected chi connectivity index (χ1v) is 7.42. The van der Waals surface area contributed by atoms with Gasteiger partial charge in [0, 0.05) is 11.3 Å². The first kappa shape index (κ1) is 13.4. The lowest BCUT2D eigenvalue weighted by atomic mass is 9.85. The highest BCUT2D eigenvalue weighted by atomic mass is 32.2. The summed E-state index contributed by atoms with van der Waals surface area (Å²) in [6.45, 7) is 12.9. The lowest BCUT2D eigenvalue weighted by molar-refractivity contribution is 0.265. The molecule has 0 bridgehead atoms. The summed E-state index contributed by atoms with van der Waals surface area (Å²) < 4.78 is 0. The molecular formula is C13H27NS. The summed E-state index contributed by atoms with van der Waals surface area (Å²) >= 11 is 2.11. The van der Waals surface area contributed by atoms with E-state index >= 15 is 0 Å². The Morgan fingerprint density at radius 1 is 1.20 bits per heavy atom. The van der Waals surface area contributed by atoms with E-state index in [2.05, 4.69) is 51.7 Å². The van der Waals surface area contributed by atoms with E-state index in [0.717, 1.165) is 29.0 Å². The summed E-state index contributed by atoms with van der Waals surface area (Å²) in [6.07, 6.45) is 1.36. The van der Waals surface area contributed by atoms with Crippen LogP contribution in [0.1, 0.15) is 41.0 Å². The van der Waals surface area contributed by atoms with E-state index in [1.807, 2.05) is 0 Å². The first-order valence-electron chi connectivity index (χ1n) is 6.37. The zero-order valence-electron chi connectivity index (χ0n) is 10.9. The number of hydrogen-bond acceptors (Lipinski definition) is 2. The average molecular weight is 229 g/mol. The van der Waals surface area contributed by atoms with Gasteiger partial charge in [-0.1, -0.05) is 34.6 Å². The van der Waals surface area contributed by atoms with Crippen molar-refractivity contribution in [2.24, 2.45) is 17.8 Å². The van der Waals surface area contributed by atoms with E-state index in [0.29, 0.717) is 0 Å². The SMILES string of the molecule is CC(C)C(CNC1CCSC1C)C(C)C. The van der Waals surface area contributed by atoms with Crippen LogP contribution >= 0.6 is 11.8 Å². The molecule has 1 aliphatic rings. The molecule has 90 valence electrons. The van der Waals surface area contributed by atoms with Crippen LogP contribution in [0, 0.1) is 17.8 Å². The van der Waals surface area contributed by atoms with Gasteiger partial charge in [-0.15, -0.1) is 0 Å². The molecule has 0 aromatic heterocycles. The molecule has 1 heterocycles. The highest BCUT2D eigenvalue weighted by molar-refractivity contribution is 8.00. The fourth-order valence-electron chi connectivity index (χ4n) is 2.53. The Bertz CT molecular complexity index is 171. The van der Waals surface area contributed by atoms with Crippen molar-refractivity contribution in [2.75, 3.05) is 12.3 Å². The first-order chi connectivity index (χ1) is 7.02. The van der Waals surface area contributed by atoms with Crippen LogP contribution in [0.4, 0.5) is 0 Å². The molecule has 0 spiro atoms. The van der Waals surface area contributed by atoms with Crippen LogP contribution in [-0.4, -0.2) is 23.6 Å². The Morgan fingerprint density at radius 3 is 2.20 bits per heavy atom. The second-order valence-electron chi connectivity index (χ2n) is 5.53. The number of thioether (sulfide) groups is 1. The lowest BCUT2D eigenvalue weighted by Crippen LogP contribution is -2.39. The van der Waals surface area contributed by atoms with E-state index in [9.17, 15) is 0 Å². The van der Waals surface area contributed by atoms with E-state index in [1.54, 1.807) is 0 Å². The predicted molar refractivity (Wildman–Crippen MR) is 71.5 cm³/mol. The highest BCUT2D eigenvalue weighted by Crippen LogP contribution is 2.27. The quantitative estimate of drug-likeness (QED) is 0.775. The van der Waals surface area contributed by atoms with Gasteiger partial charge in [0.1, 0.15) is 0 Å². The Kier molecular flexibility index (Phi) is 5.48. The van der Waals surface area contributed by atoms with Crippen LogP contribution in [-0.2, 0) is 0 Å². The maximum Gasteiger partial charge on any atom is 0.0191 e. The van der Waals surface area contributed by atoms with E-state index in [4.69, 9.17) is 0 Å². The van der Waals surface area contributed by atoms with Crippen molar-refractivity contribution in [1.82, 2.24) is 5.32 Å². The van der Waals surface area contributed by atoms with Crippen LogP contribution in [0.25, 0.3) is 0 Å². The van der Waals surface area contributed by atoms with Crippen molar-refractivity contribution in [3.05, 3.63) is 0 Å². The fraction of sp³-hybridized carbons (Fsp3) is 1.00. The minimum absolute atomic E-state index is 0.759. The third-order valence-corrected chi connectivity index (χ3v) is 5.03. The number of nitrogens with one attached hydrogen (secondary N) is 1. The van der Waals surface area contributed by atoms with E-state index in [-0.39, 0.29) is 0 Å². The van der Waals surface area contributed by atoms with Gasteiger partial charge in [0.2, 0.25) is 0 Å². The molecular weight excluding hydrogens is 202 g/mol. The van der Waals surface area contributed by atoms with E-state index in [1.165, 1.54) is 18.7 Å².